The van der Waals surface area contributed by atoms with Gasteiger partial charge in [-0.05, 0) is 37.8 Å². The summed E-state index contributed by atoms with van der Waals surface area (Å²) in [7, 11) is 0. The third kappa shape index (κ3) is 4.69. The number of hydrogen-bond acceptors (Lipinski definition) is 4. The van der Waals surface area contributed by atoms with Gasteiger partial charge in [-0.3, -0.25) is 9.59 Å². The van der Waals surface area contributed by atoms with Gasteiger partial charge in [0.2, 0.25) is 0 Å². The SMILES string of the molecule is CCOC(=O)C(Cc1ccccc1)(Cc1ccccc1)C(=O)OCC. The van der Waals surface area contributed by atoms with Gasteiger partial charge in [0.1, 0.15) is 0 Å². The van der Waals surface area contributed by atoms with Crippen molar-refractivity contribution in [2.24, 2.45) is 5.41 Å². The Bertz CT molecular complexity index is 618. The molecule has 4 nitrogen and oxygen atoms in total. The molecule has 0 aromatic heterocycles. The van der Waals surface area contributed by atoms with Crippen molar-refractivity contribution >= 4 is 11.9 Å². The molecular weight excluding hydrogens is 316 g/mol. The van der Waals surface area contributed by atoms with Crippen LogP contribution in [0.2, 0.25) is 0 Å². The van der Waals surface area contributed by atoms with Crippen LogP contribution in [-0.2, 0) is 31.9 Å². The van der Waals surface area contributed by atoms with Gasteiger partial charge in [-0.15, -0.1) is 0 Å². The maximum atomic E-state index is 12.9. The van der Waals surface area contributed by atoms with Crippen molar-refractivity contribution in [2.45, 2.75) is 26.7 Å². The highest BCUT2D eigenvalue weighted by Gasteiger charge is 2.49. The molecule has 2 aromatic carbocycles. The fourth-order valence-electron chi connectivity index (χ4n) is 2.86. The Morgan fingerprint density at radius 2 is 1.08 bits per heavy atom. The van der Waals surface area contributed by atoms with E-state index in [1.807, 2.05) is 60.7 Å². The van der Waals surface area contributed by atoms with Crippen LogP contribution in [0.5, 0.6) is 0 Å². The largest absolute Gasteiger partial charge is 0.465 e. The fourth-order valence-corrected chi connectivity index (χ4v) is 2.86. The topological polar surface area (TPSA) is 52.6 Å². The minimum Gasteiger partial charge on any atom is -0.465 e. The van der Waals surface area contributed by atoms with E-state index in [1.165, 1.54) is 0 Å². The first kappa shape index (κ1) is 18.7. The Hall–Kier alpha value is -2.62. The molecule has 132 valence electrons. The van der Waals surface area contributed by atoms with Crippen LogP contribution in [-0.4, -0.2) is 25.2 Å². The second-order valence-corrected chi connectivity index (χ2v) is 5.85. The lowest BCUT2D eigenvalue weighted by atomic mass is 9.76. The zero-order valence-corrected chi connectivity index (χ0v) is 14.7. The third-order valence-corrected chi connectivity index (χ3v) is 4.03. The van der Waals surface area contributed by atoms with Gasteiger partial charge in [-0.1, -0.05) is 60.7 Å². The second kappa shape index (κ2) is 9.02. The van der Waals surface area contributed by atoms with E-state index in [-0.39, 0.29) is 26.1 Å². The number of benzene rings is 2. The number of hydrogen-bond donors (Lipinski definition) is 0. The van der Waals surface area contributed by atoms with E-state index < -0.39 is 17.4 Å². The summed E-state index contributed by atoms with van der Waals surface area (Å²) >= 11 is 0. The molecule has 0 N–H and O–H groups in total. The molecule has 0 radical (unpaired) electrons. The highest BCUT2D eigenvalue weighted by Crippen LogP contribution is 2.32. The van der Waals surface area contributed by atoms with Crippen molar-refractivity contribution < 1.29 is 19.1 Å². The lowest BCUT2D eigenvalue weighted by molar-refractivity contribution is -0.172. The molecule has 0 amide bonds. The molecular formula is C21H24O4. The van der Waals surface area contributed by atoms with Gasteiger partial charge >= 0.3 is 11.9 Å². The molecule has 4 heteroatoms. The Labute approximate surface area is 148 Å². The first-order valence-corrected chi connectivity index (χ1v) is 8.54. The fraction of sp³-hybridized carbons (Fsp3) is 0.333. The second-order valence-electron chi connectivity index (χ2n) is 5.85. The van der Waals surface area contributed by atoms with Crippen LogP contribution in [0.15, 0.2) is 60.7 Å². The van der Waals surface area contributed by atoms with Gasteiger partial charge in [0.15, 0.2) is 5.41 Å². The summed E-state index contributed by atoms with van der Waals surface area (Å²) in [5, 5.41) is 0. The average Bonchev–Trinajstić information content (AvgIpc) is 2.63. The Kier molecular flexibility index (Phi) is 6.75. The van der Waals surface area contributed by atoms with Crippen molar-refractivity contribution in [3.8, 4) is 0 Å². The Morgan fingerprint density at radius 1 is 0.720 bits per heavy atom. The van der Waals surface area contributed by atoms with E-state index in [1.54, 1.807) is 13.8 Å². The van der Waals surface area contributed by atoms with Gasteiger partial charge in [0.25, 0.3) is 0 Å². The molecule has 0 aliphatic carbocycles. The Balaban J connectivity index is 2.47. The Morgan fingerprint density at radius 3 is 1.40 bits per heavy atom. The molecule has 0 saturated carbocycles. The van der Waals surface area contributed by atoms with Crippen molar-refractivity contribution in [2.75, 3.05) is 13.2 Å². The summed E-state index contributed by atoms with van der Waals surface area (Å²) in [6.07, 6.45) is 0.473. The van der Waals surface area contributed by atoms with Crippen LogP contribution in [0.25, 0.3) is 0 Å². The predicted molar refractivity (Wildman–Crippen MR) is 96.0 cm³/mol. The van der Waals surface area contributed by atoms with Crippen molar-refractivity contribution in [1.29, 1.82) is 0 Å². The smallest absolute Gasteiger partial charge is 0.324 e. The number of ether oxygens (including phenoxy) is 2. The molecule has 0 saturated heterocycles. The number of carbonyl (C=O) groups excluding carboxylic acids is 2. The molecule has 0 spiro atoms. The van der Waals surface area contributed by atoms with Crippen LogP contribution < -0.4 is 0 Å². The summed E-state index contributed by atoms with van der Waals surface area (Å²) in [5.74, 6) is -1.08. The van der Waals surface area contributed by atoms with Gasteiger partial charge in [-0.2, -0.15) is 0 Å². The van der Waals surface area contributed by atoms with Crippen LogP contribution in [0.1, 0.15) is 25.0 Å². The highest BCUT2D eigenvalue weighted by molar-refractivity contribution is 6.00. The first-order chi connectivity index (χ1) is 12.1. The van der Waals surface area contributed by atoms with E-state index in [9.17, 15) is 9.59 Å². The average molecular weight is 340 g/mol. The molecule has 0 aliphatic heterocycles. The number of rotatable bonds is 8. The number of esters is 2. The van der Waals surface area contributed by atoms with Crippen LogP contribution >= 0.6 is 0 Å². The zero-order valence-electron chi connectivity index (χ0n) is 14.7. The molecule has 2 aromatic rings. The summed E-state index contributed by atoms with van der Waals surface area (Å²) in [6, 6.07) is 19.0. The van der Waals surface area contributed by atoms with Crippen molar-refractivity contribution in [3.63, 3.8) is 0 Å². The van der Waals surface area contributed by atoms with Crippen molar-refractivity contribution in [1.82, 2.24) is 0 Å². The molecule has 2 rings (SSSR count). The van der Waals surface area contributed by atoms with Gasteiger partial charge in [0, 0.05) is 0 Å². The predicted octanol–water partition coefficient (Wildman–Crippen LogP) is 3.58. The van der Waals surface area contributed by atoms with E-state index >= 15 is 0 Å². The number of carbonyl (C=O) groups is 2. The summed E-state index contributed by atoms with van der Waals surface area (Å²) in [4.78, 5) is 25.7. The maximum Gasteiger partial charge on any atom is 0.324 e. The van der Waals surface area contributed by atoms with E-state index in [0.29, 0.717) is 0 Å². The summed E-state index contributed by atoms with van der Waals surface area (Å²) in [6.45, 7) is 3.89. The highest BCUT2D eigenvalue weighted by atomic mass is 16.6. The van der Waals surface area contributed by atoms with Crippen LogP contribution in [0.3, 0.4) is 0 Å². The summed E-state index contributed by atoms with van der Waals surface area (Å²) in [5.41, 5.74) is 0.383. The van der Waals surface area contributed by atoms with Crippen LogP contribution in [0.4, 0.5) is 0 Å². The molecule has 0 atom stereocenters. The van der Waals surface area contributed by atoms with Gasteiger partial charge in [0.05, 0.1) is 13.2 Å². The minimum atomic E-state index is -1.39. The molecule has 0 bridgehead atoms. The molecule has 0 aliphatic rings. The quantitative estimate of drug-likeness (QED) is 0.544. The maximum absolute atomic E-state index is 12.9. The van der Waals surface area contributed by atoms with E-state index in [0.717, 1.165) is 11.1 Å². The van der Waals surface area contributed by atoms with Crippen LogP contribution in [0, 0.1) is 5.41 Å². The lowest BCUT2D eigenvalue weighted by Crippen LogP contribution is -2.45. The van der Waals surface area contributed by atoms with Crippen molar-refractivity contribution in [3.05, 3.63) is 71.8 Å². The monoisotopic (exact) mass is 340 g/mol. The first-order valence-electron chi connectivity index (χ1n) is 8.54. The zero-order chi connectivity index (χ0) is 18.1. The standard InChI is InChI=1S/C21H24O4/c1-3-24-19(22)21(20(23)25-4-2,15-17-11-7-5-8-12-17)16-18-13-9-6-10-14-18/h5-14H,3-4,15-16H2,1-2H3. The minimum absolute atomic E-state index is 0.212. The van der Waals surface area contributed by atoms with Gasteiger partial charge in [-0.25, -0.2) is 0 Å². The van der Waals surface area contributed by atoms with E-state index in [2.05, 4.69) is 0 Å². The molecule has 0 fully saturated rings. The molecule has 0 unspecified atom stereocenters. The third-order valence-electron chi connectivity index (χ3n) is 4.03. The van der Waals surface area contributed by atoms with E-state index in [4.69, 9.17) is 9.47 Å². The normalized spacial score (nSPS) is 11.0. The molecule has 0 heterocycles. The molecule has 25 heavy (non-hydrogen) atoms. The van der Waals surface area contributed by atoms with Gasteiger partial charge < -0.3 is 9.47 Å². The summed E-state index contributed by atoms with van der Waals surface area (Å²) < 4.78 is 10.6. The lowest BCUT2D eigenvalue weighted by Gasteiger charge is -2.29.